The molecule has 1 fully saturated rings. The van der Waals surface area contributed by atoms with E-state index in [1.165, 1.54) is 0 Å². The molecule has 0 aliphatic carbocycles. The van der Waals surface area contributed by atoms with Crippen molar-refractivity contribution in [1.82, 2.24) is 0 Å². The molecule has 26 heavy (non-hydrogen) atoms. The Hall–Kier alpha value is -3.33. The van der Waals surface area contributed by atoms with Gasteiger partial charge in [-0.25, -0.2) is 0 Å². The molecule has 0 aromatic heterocycles. The number of hydrogen-bond acceptors (Lipinski definition) is 4. The number of rotatable bonds is 5. The van der Waals surface area contributed by atoms with Gasteiger partial charge in [-0.2, -0.15) is 5.26 Å². The van der Waals surface area contributed by atoms with Crippen molar-refractivity contribution in [1.29, 1.82) is 5.26 Å². The summed E-state index contributed by atoms with van der Waals surface area (Å²) in [6.45, 7) is 0.317. The summed E-state index contributed by atoms with van der Waals surface area (Å²) in [6.07, 6.45) is 0.496. The van der Waals surface area contributed by atoms with Gasteiger partial charge in [-0.05, 0) is 29.8 Å². The molecule has 0 bridgehead atoms. The standard InChI is InChI=1S/C20H19N3O3/c1-26-18-5-3-2-4-17(18)23-13-15(12-19(23)24)20(25)22-16-8-6-14(7-9-16)10-11-21/h2-9,15H,10,12-13H2,1H3,(H,22,25). The average Bonchev–Trinajstić information content (AvgIpc) is 3.05. The molecule has 6 heteroatoms. The van der Waals surface area contributed by atoms with Crippen LogP contribution in [0.15, 0.2) is 48.5 Å². The van der Waals surface area contributed by atoms with Gasteiger partial charge < -0.3 is 15.0 Å². The second kappa shape index (κ2) is 7.70. The summed E-state index contributed by atoms with van der Waals surface area (Å²) in [7, 11) is 1.56. The molecule has 2 aromatic rings. The normalized spacial score (nSPS) is 16.2. The topological polar surface area (TPSA) is 82.4 Å². The first-order chi connectivity index (χ1) is 12.6. The summed E-state index contributed by atoms with van der Waals surface area (Å²) < 4.78 is 5.31. The van der Waals surface area contributed by atoms with Gasteiger partial charge in [0.25, 0.3) is 0 Å². The maximum absolute atomic E-state index is 12.5. The van der Waals surface area contributed by atoms with Crippen LogP contribution in [0.4, 0.5) is 11.4 Å². The Morgan fingerprint density at radius 2 is 2.00 bits per heavy atom. The molecular formula is C20H19N3O3. The smallest absolute Gasteiger partial charge is 0.229 e. The van der Waals surface area contributed by atoms with E-state index in [-0.39, 0.29) is 18.2 Å². The Bertz CT molecular complexity index is 855. The van der Waals surface area contributed by atoms with Crippen molar-refractivity contribution in [2.45, 2.75) is 12.8 Å². The molecule has 1 unspecified atom stereocenters. The molecule has 1 heterocycles. The summed E-state index contributed by atoms with van der Waals surface area (Å²) >= 11 is 0. The third-order valence-corrected chi connectivity index (χ3v) is 4.38. The van der Waals surface area contributed by atoms with E-state index in [9.17, 15) is 9.59 Å². The lowest BCUT2D eigenvalue weighted by molar-refractivity contribution is -0.122. The largest absolute Gasteiger partial charge is 0.495 e. The van der Waals surface area contributed by atoms with E-state index >= 15 is 0 Å². The van der Waals surface area contributed by atoms with E-state index in [0.717, 1.165) is 5.56 Å². The molecule has 2 aromatic carbocycles. The highest BCUT2D eigenvalue weighted by atomic mass is 16.5. The monoisotopic (exact) mass is 349 g/mol. The van der Waals surface area contributed by atoms with Gasteiger partial charge in [0.15, 0.2) is 0 Å². The van der Waals surface area contributed by atoms with Crippen LogP contribution in [0.25, 0.3) is 0 Å². The summed E-state index contributed by atoms with van der Waals surface area (Å²) in [4.78, 5) is 26.5. The van der Waals surface area contributed by atoms with Crippen LogP contribution in [0.2, 0.25) is 0 Å². The molecule has 0 spiro atoms. The average molecular weight is 349 g/mol. The second-order valence-corrected chi connectivity index (χ2v) is 6.10. The number of hydrogen-bond donors (Lipinski definition) is 1. The molecule has 1 N–H and O–H groups in total. The SMILES string of the molecule is COc1ccccc1N1CC(C(=O)Nc2ccc(CC#N)cc2)CC1=O. The summed E-state index contributed by atoms with van der Waals surface area (Å²) in [5, 5.41) is 11.5. The van der Waals surface area contributed by atoms with Crippen LogP contribution in [-0.2, 0) is 16.0 Å². The van der Waals surface area contributed by atoms with Crippen molar-refractivity contribution in [3.63, 3.8) is 0 Å². The van der Waals surface area contributed by atoms with Crippen molar-refractivity contribution in [2.75, 3.05) is 23.9 Å². The van der Waals surface area contributed by atoms with Crippen LogP contribution in [0.1, 0.15) is 12.0 Å². The van der Waals surface area contributed by atoms with Gasteiger partial charge in [-0.1, -0.05) is 24.3 Å². The summed E-state index contributed by atoms with van der Waals surface area (Å²) in [6, 6.07) is 16.5. The molecule has 6 nitrogen and oxygen atoms in total. The Balaban J connectivity index is 1.68. The minimum Gasteiger partial charge on any atom is -0.495 e. The molecule has 1 atom stereocenters. The zero-order valence-electron chi connectivity index (χ0n) is 14.4. The van der Waals surface area contributed by atoms with Crippen molar-refractivity contribution < 1.29 is 14.3 Å². The Morgan fingerprint density at radius 1 is 1.27 bits per heavy atom. The first-order valence-corrected chi connectivity index (χ1v) is 8.32. The van der Waals surface area contributed by atoms with Crippen molar-refractivity contribution in [2.24, 2.45) is 5.92 Å². The van der Waals surface area contributed by atoms with Gasteiger partial charge in [-0.15, -0.1) is 0 Å². The fourth-order valence-corrected chi connectivity index (χ4v) is 3.01. The van der Waals surface area contributed by atoms with Gasteiger partial charge in [0.2, 0.25) is 11.8 Å². The number of ether oxygens (including phenoxy) is 1. The predicted octanol–water partition coefficient (Wildman–Crippen LogP) is 2.75. The number of methoxy groups -OCH3 is 1. The van der Waals surface area contributed by atoms with Crippen LogP contribution < -0.4 is 15.0 Å². The maximum Gasteiger partial charge on any atom is 0.229 e. The van der Waals surface area contributed by atoms with Gasteiger partial charge >= 0.3 is 0 Å². The number of nitriles is 1. The quantitative estimate of drug-likeness (QED) is 0.900. The molecule has 0 radical (unpaired) electrons. The summed E-state index contributed by atoms with van der Waals surface area (Å²) in [5.74, 6) is -0.107. The molecule has 0 saturated carbocycles. The van der Waals surface area contributed by atoms with Crippen LogP contribution in [0.5, 0.6) is 5.75 Å². The molecule has 132 valence electrons. The number of nitrogens with one attached hydrogen (secondary N) is 1. The number of carbonyl (C=O) groups is 2. The van der Waals surface area contributed by atoms with Crippen LogP contribution in [0.3, 0.4) is 0 Å². The molecule has 1 aliphatic rings. The second-order valence-electron chi connectivity index (χ2n) is 6.10. The molecule has 3 rings (SSSR count). The Morgan fingerprint density at radius 3 is 2.69 bits per heavy atom. The van der Waals surface area contributed by atoms with E-state index < -0.39 is 5.92 Å². The fourth-order valence-electron chi connectivity index (χ4n) is 3.01. The fraction of sp³-hybridized carbons (Fsp3) is 0.250. The number of benzene rings is 2. The minimum atomic E-state index is -0.425. The Labute approximate surface area is 152 Å². The van der Waals surface area contributed by atoms with Crippen LogP contribution in [-0.4, -0.2) is 25.5 Å². The third-order valence-electron chi connectivity index (χ3n) is 4.38. The van der Waals surface area contributed by atoms with Crippen molar-refractivity contribution in [3.05, 3.63) is 54.1 Å². The summed E-state index contributed by atoms with van der Waals surface area (Å²) in [5.41, 5.74) is 2.22. The van der Waals surface area contributed by atoms with Crippen molar-refractivity contribution >= 4 is 23.2 Å². The lowest BCUT2D eigenvalue weighted by Gasteiger charge is -2.19. The highest BCUT2D eigenvalue weighted by Crippen LogP contribution is 2.33. The zero-order chi connectivity index (χ0) is 18.5. The third kappa shape index (κ3) is 3.67. The molecule has 1 saturated heterocycles. The van der Waals surface area contributed by atoms with Gasteiger partial charge in [0, 0.05) is 18.7 Å². The predicted molar refractivity (Wildman–Crippen MR) is 97.8 cm³/mol. The van der Waals surface area contributed by atoms with Gasteiger partial charge in [0.1, 0.15) is 5.75 Å². The number of carbonyl (C=O) groups excluding carboxylic acids is 2. The maximum atomic E-state index is 12.5. The number of para-hydroxylation sites is 2. The highest BCUT2D eigenvalue weighted by molar-refractivity contribution is 6.04. The molecule has 1 aliphatic heterocycles. The first kappa shape index (κ1) is 17.5. The van der Waals surface area contributed by atoms with E-state index in [1.807, 2.05) is 18.2 Å². The van der Waals surface area contributed by atoms with E-state index in [0.29, 0.717) is 30.1 Å². The number of anilines is 2. The van der Waals surface area contributed by atoms with Crippen LogP contribution >= 0.6 is 0 Å². The van der Waals surface area contributed by atoms with Crippen LogP contribution in [0, 0.1) is 17.2 Å². The highest BCUT2D eigenvalue weighted by Gasteiger charge is 2.36. The number of nitrogens with zero attached hydrogens (tertiary/aromatic N) is 2. The lowest BCUT2D eigenvalue weighted by atomic mass is 10.1. The first-order valence-electron chi connectivity index (χ1n) is 8.32. The van der Waals surface area contributed by atoms with E-state index in [2.05, 4.69) is 11.4 Å². The van der Waals surface area contributed by atoms with Gasteiger partial charge in [-0.3, -0.25) is 9.59 Å². The number of amides is 2. The van der Waals surface area contributed by atoms with E-state index in [4.69, 9.17) is 10.00 Å². The minimum absolute atomic E-state index is 0.0981. The Kier molecular flexibility index (Phi) is 5.18. The van der Waals surface area contributed by atoms with E-state index in [1.54, 1.807) is 42.3 Å². The molecular weight excluding hydrogens is 330 g/mol. The van der Waals surface area contributed by atoms with Gasteiger partial charge in [0.05, 0.1) is 31.2 Å². The lowest BCUT2D eigenvalue weighted by Crippen LogP contribution is -2.28. The van der Waals surface area contributed by atoms with Crippen molar-refractivity contribution in [3.8, 4) is 11.8 Å². The molecule has 2 amide bonds. The zero-order valence-corrected chi connectivity index (χ0v) is 14.4.